The van der Waals surface area contributed by atoms with Crippen molar-refractivity contribution >= 4 is 5.91 Å². The van der Waals surface area contributed by atoms with Gasteiger partial charge in [0, 0.05) is 6.54 Å². The zero-order valence-electron chi connectivity index (χ0n) is 9.05. The summed E-state index contributed by atoms with van der Waals surface area (Å²) in [6.07, 6.45) is -11.2. The van der Waals surface area contributed by atoms with Crippen LogP contribution in [0.4, 0.5) is 26.3 Å². The molecule has 0 aromatic carbocycles. The van der Waals surface area contributed by atoms with Crippen LogP contribution in [0.25, 0.3) is 0 Å². The molecule has 0 bridgehead atoms. The van der Waals surface area contributed by atoms with Gasteiger partial charge in [0.15, 0.2) is 6.04 Å². The van der Waals surface area contributed by atoms with Gasteiger partial charge in [-0.2, -0.15) is 13.2 Å². The van der Waals surface area contributed by atoms with Gasteiger partial charge in [0.1, 0.15) is 6.10 Å². The van der Waals surface area contributed by atoms with Gasteiger partial charge in [-0.3, -0.25) is 9.53 Å². The highest BCUT2D eigenvalue weighted by molar-refractivity contribution is 5.83. The second-order valence-electron chi connectivity index (χ2n) is 3.85. The molecule has 1 saturated heterocycles. The van der Waals surface area contributed by atoms with Gasteiger partial charge in [0.2, 0.25) is 5.91 Å². The summed E-state index contributed by atoms with van der Waals surface area (Å²) in [4.78, 5) is 11.8. The monoisotopic (exact) mass is 280 g/mol. The molecule has 1 aliphatic heterocycles. The van der Waals surface area contributed by atoms with Crippen molar-refractivity contribution in [2.75, 3.05) is 6.54 Å². The third kappa shape index (κ3) is 3.25. The van der Waals surface area contributed by atoms with E-state index in [-0.39, 0.29) is 0 Å². The van der Waals surface area contributed by atoms with Gasteiger partial charge in [0.25, 0.3) is 0 Å². The molecule has 3 atom stereocenters. The number of likely N-dealkylation sites (tertiary alicyclic amines) is 1. The van der Waals surface area contributed by atoms with Gasteiger partial charge in [-0.05, 0) is 6.92 Å². The van der Waals surface area contributed by atoms with Crippen LogP contribution in [-0.2, 0) is 9.53 Å². The van der Waals surface area contributed by atoms with Crippen molar-refractivity contribution in [2.24, 2.45) is 5.73 Å². The van der Waals surface area contributed by atoms with Crippen LogP contribution >= 0.6 is 0 Å². The number of carbonyl (C=O) groups excluding carboxylic acids is 1. The Labute approximate surface area is 97.7 Å². The smallest absolute Gasteiger partial charge is 0.333 e. The first-order valence-corrected chi connectivity index (χ1v) is 4.81. The van der Waals surface area contributed by atoms with Crippen molar-refractivity contribution in [1.29, 1.82) is 0 Å². The Balaban J connectivity index is 2.56. The molecule has 106 valence electrons. The van der Waals surface area contributed by atoms with Gasteiger partial charge in [0.05, 0.1) is 6.04 Å². The molecule has 18 heavy (non-hydrogen) atoms. The van der Waals surface area contributed by atoms with Crippen LogP contribution in [0.15, 0.2) is 0 Å². The molecule has 0 spiro atoms. The maximum absolute atomic E-state index is 12.1. The third-order valence-corrected chi connectivity index (χ3v) is 2.59. The SMILES string of the molecule is C[C@H]1[C@@H](OC(F)(F)F)CN1C(=O)C(N)C(F)(F)F. The highest BCUT2D eigenvalue weighted by Gasteiger charge is 2.51. The first-order chi connectivity index (χ1) is 7.93. The summed E-state index contributed by atoms with van der Waals surface area (Å²) in [7, 11) is 0. The molecular formula is C8H10F6N2O2. The highest BCUT2D eigenvalue weighted by atomic mass is 19.4. The molecule has 0 aliphatic carbocycles. The number of alkyl halides is 6. The lowest BCUT2D eigenvalue weighted by atomic mass is 9.99. The van der Waals surface area contributed by atoms with E-state index in [0.29, 0.717) is 4.90 Å². The van der Waals surface area contributed by atoms with Crippen LogP contribution in [0.1, 0.15) is 6.92 Å². The summed E-state index contributed by atoms with van der Waals surface area (Å²) in [5, 5.41) is 0. The predicted molar refractivity (Wildman–Crippen MR) is 46.1 cm³/mol. The zero-order chi connectivity index (χ0) is 14.3. The van der Waals surface area contributed by atoms with Crippen LogP contribution in [-0.4, -0.2) is 48.1 Å². The number of hydrogen-bond acceptors (Lipinski definition) is 3. The lowest BCUT2D eigenvalue weighted by molar-refractivity contribution is -0.360. The van der Waals surface area contributed by atoms with E-state index in [1.54, 1.807) is 0 Å². The average molecular weight is 280 g/mol. The van der Waals surface area contributed by atoms with Crippen LogP contribution in [0.3, 0.4) is 0 Å². The molecule has 1 amide bonds. The van der Waals surface area contributed by atoms with Crippen molar-refractivity contribution in [2.45, 2.75) is 37.7 Å². The number of nitrogens with zero attached hydrogens (tertiary/aromatic N) is 1. The van der Waals surface area contributed by atoms with Gasteiger partial charge < -0.3 is 10.6 Å². The van der Waals surface area contributed by atoms with E-state index in [1.807, 2.05) is 0 Å². The van der Waals surface area contributed by atoms with Crippen LogP contribution in [0.5, 0.6) is 0 Å². The van der Waals surface area contributed by atoms with Crippen molar-refractivity contribution in [3.8, 4) is 0 Å². The van der Waals surface area contributed by atoms with Gasteiger partial charge >= 0.3 is 12.5 Å². The molecule has 4 nitrogen and oxygen atoms in total. The molecule has 1 fully saturated rings. The second-order valence-corrected chi connectivity index (χ2v) is 3.85. The predicted octanol–water partition coefficient (Wildman–Crippen LogP) is 1.01. The number of ether oxygens (including phenoxy) is 1. The number of hydrogen-bond donors (Lipinski definition) is 1. The Kier molecular flexibility index (Phi) is 3.82. The minimum atomic E-state index is -4.92. The van der Waals surface area contributed by atoms with E-state index >= 15 is 0 Å². The summed E-state index contributed by atoms with van der Waals surface area (Å²) >= 11 is 0. The van der Waals surface area contributed by atoms with Crippen molar-refractivity contribution in [3.63, 3.8) is 0 Å². The number of rotatable bonds is 2. The molecule has 1 aliphatic rings. The van der Waals surface area contributed by atoms with Crippen LogP contribution in [0, 0.1) is 0 Å². The first kappa shape index (κ1) is 15.0. The maximum atomic E-state index is 12.1. The molecule has 2 N–H and O–H groups in total. The molecule has 1 heterocycles. The minimum Gasteiger partial charge on any atom is -0.333 e. The van der Waals surface area contributed by atoms with Crippen LogP contribution < -0.4 is 5.73 Å². The number of nitrogens with two attached hydrogens (primary N) is 1. The Morgan fingerprint density at radius 2 is 1.83 bits per heavy atom. The third-order valence-electron chi connectivity index (χ3n) is 2.59. The summed E-state index contributed by atoms with van der Waals surface area (Å²) in [5.41, 5.74) is 4.66. The molecular weight excluding hydrogens is 270 g/mol. The fourth-order valence-corrected chi connectivity index (χ4v) is 1.49. The molecule has 0 aromatic heterocycles. The molecule has 1 rings (SSSR count). The second kappa shape index (κ2) is 4.57. The topological polar surface area (TPSA) is 55.6 Å². The highest BCUT2D eigenvalue weighted by Crippen LogP contribution is 2.30. The Bertz CT molecular complexity index is 329. The summed E-state index contributed by atoms with van der Waals surface area (Å²) in [5.74, 6) is -1.46. The Morgan fingerprint density at radius 1 is 1.33 bits per heavy atom. The fraction of sp³-hybridized carbons (Fsp3) is 0.875. The Hall–Kier alpha value is -1.03. The quantitative estimate of drug-likeness (QED) is 0.768. The van der Waals surface area contributed by atoms with Crippen molar-refractivity contribution < 1.29 is 35.9 Å². The zero-order valence-corrected chi connectivity index (χ0v) is 9.05. The molecule has 10 heteroatoms. The molecule has 1 unspecified atom stereocenters. The minimum absolute atomic E-state index is 0.566. The van der Waals surface area contributed by atoms with Gasteiger partial charge in [-0.25, -0.2) is 0 Å². The van der Waals surface area contributed by atoms with E-state index < -0.39 is 43.2 Å². The first-order valence-electron chi connectivity index (χ1n) is 4.81. The number of halogens is 6. The summed E-state index contributed by atoms with van der Waals surface area (Å²) in [6.45, 7) is 0.587. The maximum Gasteiger partial charge on any atom is 0.522 e. The van der Waals surface area contributed by atoms with Crippen molar-refractivity contribution in [3.05, 3.63) is 0 Å². The van der Waals surface area contributed by atoms with Crippen LogP contribution in [0.2, 0.25) is 0 Å². The lowest BCUT2D eigenvalue weighted by Gasteiger charge is -2.46. The molecule has 0 aromatic rings. The number of carbonyl (C=O) groups is 1. The van der Waals surface area contributed by atoms with Gasteiger partial charge in [-0.15, -0.1) is 13.2 Å². The summed E-state index contributed by atoms with van der Waals surface area (Å²) < 4.78 is 75.5. The van der Waals surface area contributed by atoms with Crippen molar-refractivity contribution in [1.82, 2.24) is 4.90 Å². The van der Waals surface area contributed by atoms with E-state index in [4.69, 9.17) is 0 Å². The largest absolute Gasteiger partial charge is 0.522 e. The van der Waals surface area contributed by atoms with E-state index in [0.717, 1.165) is 6.92 Å². The summed E-state index contributed by atoms with van der Waals surface area (Å²) in [6, 6.07) is -3.83. The Morgan fingerprint density at radius 3 is 2.17 bits per heavy atom. The molecule has 0 radical (unpaired) electrons. The van der Waals surface area contributed by atoms with E-state index in [2.05, 4.69) is 10.5 Å². The van der Waals surface area contributed by atoms with E-state index in [9.17, 15) is 31.1 Å². The normalized spacial score (nSPS) is 26.8. The molecule has 0 saturated carbocycles. The lowest BCUT2D eigenvalue weighted by Crippen LogP contribution is -2.67. The fourth-order valence-electron chi connectivity index (χ4n) is 1.49. The standard InChI is InChI=1S/C8H10F6N2O2/c1-3-4(18-8(12,13)14)2-16(3)6(17)5(15)7(9,10)11/h3-5H,2,15H2,1H3/t3-,4-,5?/m0/s1. The number of amides is 1. The van der Waals surface area contributed by atoms with Gasteiger partial charge in [-0.1, -0.05) is 0 Å². The average Bonchev–Trinajstić information content (AvgIpc) is 2.18. The van der Waals surface area contributed by atoms with E-state index in [1.165, 1.54) is 0 Å².